The lowest BCUT2D eigenvalue weighted by Crippen LogP contribution is -2.39. The first-order valence-electron chi connectivity index (χ1n) is 6.96. The molecule has 0 spiro atoms. The van der Waals surface area contributed by atoms with Crippen molar-refractivity contribution in [2.45, 2.75) is 18.9 Å². The molecule has 1 fully saturated rings. The van der Waals surface area contributed by atoms with E-state index >= 15 is 0 Å². The molecule has 1 aromatic heterocycles. The average Bonchev–Trinajstić information content (AvgIpc) is 3.04. The van der Waals surface area contributed by atoms with Gasteiger partial charge < -0.3 is 9.88 Å². The number of carbonyl (C=O) groups is 1. The molecule has 0 bridgehead atoms. The van der Waals surface area contributed by atoms with Gasteiger partial charge in [0, 0.05) is 52.0 Å². The molecule has 1 saturated heterocycles. The summed E-state index contributed by atoms with van der Waals surface area (Å²) in [5, 5.41) is 3.03. The van der Waals surface area contributed by atoms with Crippen molar-refractivity contribution in [3.05, 3.63) is 48.5 Å². The minimum Gasteiger partial charge on any atom is -0.349 e. The van der Waals surface area contributed by atoms with Crippen LogP contribution in [0.5, 0.6) is 0 Å². The molecule has 1 aliphatic rings. The zero-order chi connectivity index (χ0) is 14.7. The van der Waals surface area contributed by atoms with Crippen LogP contribution in [-0.2, 0) is 10.8 Å². The molecular weight excluding hydrogens is 286 g/mol. The van der Waals surface area contributed by atoms with E-state index in [0.717, 1.165) is 18.5 Å². The molecule has 0 aliphatic carbocycles. The second-order valence-electron chi connectivity index (χ2n) is 5.12. The number of nitrogens with one attached hydrogen (secondary N) is 1. The number of carbonyl (C=O) groups excluding carboxylic acids is 1. The fourth-order valence-electron chi connectivity index (χ4n) is 2.43. The molecule has 1 amide bonds. The number of amides is 1. The van der Waals surface area contributed by atoms with E-state index in [1.54, 1.807) is 18.6 Å². The molecule has 5 nitrogen and oxygen atoms in total. The Kier molecular flexibility index (Phi) is 4.15. The van der Waals surface area contributed by atoms with Crippen molar-refractivity contribution in [1.82, 2.24) is 14.9 Å². The van der Waals surface area contributed by atoms with Gasteiger partial charge in [0.2, 0.25) is 0 Å². The zero-order valence-electron chi connectivity index (χ0n) is 11.6. The van der Waals surface area contributed by atoms with E-state index in [9.17, 15) is 9.00 Å². The van der Waals surface area contributed by atoms with Gasteiger partial charge in [-0.05, 0) is 31.0 Å². The molecule has 21 heavy (non-hydrogen) atoms. The predicted octanol–water partition coefficient (Wildman–Crippen LogP) is 1.51. The summed E-state index contributed by atoms with van der Waals surface area (Å²) in [5.41, 5.74) is 1.54. The number of imidazole rings is 1. The fraction of sp³-hybridized carbons (Fsp3) is 0.333. The van der Waals surface area contributed by atoms with Gasteiger partial charge in [-0.3, -0.25) is 9.00 Å². The van der Waals surface area contributed by atoms with Crippen LogP contribution in [0.1, 0.15) is 23.2 Å². The highest BCUT2D eigenvalue weighted by Crippen LogP contribution is 2.13. The van der Waals surface area contributed by atoms with Gasteiger partial charge in [-0.25, -0.2) is 4.98 Å². The van der Waals surface area contributed by atoms with Gasteiger partial charge in [0.15, 0.2) is 0 Å². The van der Waals surface area contributed by atoms with Crippen molar-refractivity contribution < 1.29 is 9.00 Å². The van der Waals surface area contributed by atoms with Crippen LogP contribution in [0.3, 0.4) is 0 Å². The molecule has 0 unspecified atom stereocenters. The Balaban J connectivity index is 1.70. The minimum absolute atomic E-state index is 0.0744. The first kappa shape index (κ1) is 14.0. The maximum Gasteiger partial charge on any atom is 0.251 e. The molecule has 3 rings (SSSR count). The second kappa shape index (κ2) is 6.22. The van der Waals surface area contributed by atoms with E-state index in [4.69, 9.17) is 0 Å². The normalized spacial score (nSPS) is 21.9. The molecule has 0 radical (unpaired) electrons. The maximum atomic E-state index is 12.3. The molecule has 1 aliphatic heterocycles. The summed E-state index contributed by atoms with van der Waals surface area (Å²) in [7, 11) is -0.706. The smallest absolute Gasteiger partial charge is 0.251 e. The lowest BCUT2D eigenvalue weighted by Gasteiger charge is -2.22. The lowest BCUT2D eigenvalue weighted by atomic mass is 10.1. The highest BCUT2D eigenvalue weighted by atomic mass is 32.2. The Morgan fingerprint density at radius 1 is 1.33 bits per heavy atom. The Morgan fingerprint density at radius 2 is 2.14 bits per heavy atom. The third kappa shape index (κ3) is 3.39. The number of rotatable bonds is 3. The largest absolute Gasteiger partial charge is 0.349 e. The summed E-state index contributed by atoms with van der Waals surface area (Å²) in [6.07, 6.45) is 6.83. The first-order chi connectivity index (χ1) is 10.2. The quantitative estimate of drug-likeness (QED) is 0.935. The molecular formula is C15H17N3O2S. The van der Waals surface area contributed by atoms with E-state index in [2.05, 4.69) is 10.3 Å². The zero-order valence-corrected chi connectivity index (χ0v) is 12.4. The van der Waals surface area contributed by atoms with E-state index in [-0.39, 0.29) is 11.9 Å². The number of benzene rings is 1. The van der Waals surface area contributed by atoms with E-state index in [0.29, 0.717) is 17.1 Å². The molecule has 0 saturated carbocycles. The highest BCUT2D eigenvalue weighted by Gasteiger charge is 2.20. The summed E-state index contributed by atoms with van der Waals surface area (Å²) in [6, 6.07) is 7.57. The first-order valence-corrected chi connectivity index (χ1v) is 8.45. The third-order valence-electron chi connectivity index (χ3n) is 3.63. The van der Waals surface area contributed by atoms with Crippen LogP contribution in [0.25, 0.3) is 5.69 Å². The summed E-state index contributed by atoms with van der Waals surface area (Å²) < 4.78 is 13.2. The standard InChI is InChI=1S/C15H17N3O2S/c19-15(17-13-4-8-21(20)9-5-13)12-2-1-3-14(10-12)18-7-6-16-11-18/h1-3,6-7,10-11,13H,4-5,8-9H2,(H,17,19). The van der Waals surface area contributed by atoms with E-state index in [1.165, 1.54) is 0 Å². The van der Waals surface area contributed by atoms with Gasteiger partial charge in [-0.1, -0.05) is 6.07 Å². The van der Waals surface area contributed by atoms with Crippen molar-refractivity contribution in [1.29, 1.82) is 0 Å². The third-order valence-corrected chi connectivity index (χ3v) is 5.02. The summed E-state index contributed by atoms with van der Waals surface area (Å²) in [4.78, 5) is 16.3. The van der Waals surface area contributed by atoms with Gasteiger partial charge in [-0.2, -0.15) is 0 Å². The van der Waals surface area contributed by atoms with Crippen molar-refractivity contribution in [3.63, 3.8) is 0 Å². The number of nitrogens with zero attached hydrogens (tertiary/aromatic N) is 2. The van der Waals surface area contributed by atoms with Gasteiger partial charge >= 0.3 is 0 Å². The Morgan fingerprint density at radius 3 is 2.86 bits per heavy atom. The molecule has 2 heterocycles. The SMILES string of the molecule is O=C(NC1CCS(=O)CC1)c1cccc(-n2ccnc2)c1. The van der Waals surface area contributed by atoms with Crippen molar-refractivity contribution >= 4 is 16.7 Å². The van der Waals surface area contributed by atoms with Gasteiger partial charge in [-0.15, -0.1) is 0 Å². The number of hydrogen-bond donors (Lipinski definition) is 1. The van der Waals surface area contributed by atoms with Crippen LogP contribution in [0.15, 0.2) is 43.0 Å². The van der Waals surface area contributed by atoms with Gasteiger partial charge in [0.05, 0.1) is 6.33 Å². The molecule has 2 aromatic rings. The average molecular weight is 303 g/mol. The lowest BCUT2D eigenvalue weighted by molar-refractivity contribution is 0.0934. The summed E-state index contributed by atoms with van der Waals surface area (Å²) in [6.45, 7) is 0. The second-order valence-corrected chi connectivity index (χ2v) is 6.81. The van der Waals surface area contributed by atoms with Crippen molar-refractivity contribution in [2.75, 3.05) is 11.5 Å². The van der Waals surface area contributed by atoms with Crippen LogP contribution in [0, 0.1) is 0 Å². The molecule has 110 valence electrons. The fourth-order valence-corrected chi connectivity index (χ4v) is 3.73. The van der Waals surface area contributed by atoms with Gasteiger partial charge in [0.1, 0.15) is 0 Å². The maximum absolute atomic E-state index is 12.3. The summed E-state index contributed by atoms with van der Waals surface area (Å²) in [5.74, 6) is 1.29. The van der Waals surface area contributed by atoms with Crippen LogP contribution < -0.4 is 5.32 Å². The molecule has 0 atom stereocenters. The Bertz CT molecular complexity index is 645. The topological polar surface area (TPSA) is 64.0 Å². The molecule has 6 heteroatoms. The van der Waals surface area contributed by atoms with Crippen molar-refractivity contribution in [2.24, 2.45) is 0 Å². The van der Waals surface area contributed by atoms with Crippen LogP contribution in [0.4, 0.5) is 0 Å². The number of aromatic nitrogens is 2. The van der Waals surface area contributed by atoms with Crippen LogP contribution >= 0.6 is 0 Å². The Labute approximate surface area is 125 Å². The summed E-state index contributed by atoms with van der Waals surface area (Å²) >= 11 is 0. The molecule has 1 N–H and O–H groups in total. The van der Waals surface area contributed by atoms with Gasteiger partial charge in [0.25, 0.3) is 5.91 Å². The van der Waals surface area contributed by atoms with Crippen LogP contribution in [0.2, 0.25) is 0 Å². The Hall–Kier alpha value is -1.95. The minimum atomic E-state index is -0.706. The van der Waals surface area contributed by atoms with E-state index in [1.807, 2.05) is 29.0 Å². The number of hydrogen-bond acceptors (Lipinski definition) is 3. The van der Waals surface area contributed by atoms with Crippen LogP contribution in [-0.4, -0.2) is 37.2 Å². The monoisotopic (exact) mass is 303 g/mol. The molecule has 1 aromatic carbocycles. The predicted molar refractivity (Wildman–Crippen MR) is 81.9 cm³/mol. The van der Waals surface area contributed by atoms with Crippen molar-refractivity contribution in [3.8, 4) is 5.69 Å². The van der Waals surface area contributed by atoms with E-state index < -0.39 is 10.8 Å². The highest BCUT2D eigenvalue weighted by molar-refractivity contribution is 7.85.